The van der Waals surface area contributed by atoms with Gasteiger partial charge in [0, 0.05) is 18.2 Å². The molecule has 1 N–H and O–H groups in total. The molecule has 2 atom stereocenters. The number of nitrogens with zero attached hydrogens (tertiary/aromatic N) is 1. The van der Waals surface area contributed by atoms with Crippen LogP contribution in [-0.4, -0.2) is 65.1 Å². The van der Waals surface area contributed by atoms with E-state index < -0.39 is 23.6 Å². The van der Waals surface area contributed by atoms with Crippen LogP contribution in [0.1, 0.15) is 53.9 Å². The van der Waals surface area contributed by atoms with Crippen LogP contribution in [0.15, 0.2) is 0 Å². The molecular formula is C19H32N2O6S. The summed E-state index contributed by atoms with van der Waals surface area (Å²) in [6.07, 6.45) is 0.308. The zero-order chi connectivity index (χ0) is 21.5. The Morgan fingerprint density at radius 2 is 1.93 bits per heavy atom. The van der Waals surface area contributed by atoms with Crippen molar-refractivity contribution in [2.24, 2.45) is 5.92 Å². The molecule has 1 saturated heterocycles. The summed E-state index contributed by atoms with van der Waals surface area (Å²) in [6, 6.07) is -1.04. The molecule has 1 fully saturated rings. The smallest absolute Gasteiger partial charge is 0.416 e. The lowest BCUT2D eigenvalue weighted by molar-refractivity contribution is -0.151. The van der Waals surface area contributed by atoms with Crippen LogP contribution in [0.2, 0.25) is 0 Å². The summed E-state index contributed by atoms with van der Waals surface area (Å²) in [5.74, 6) is -0.0359. The van der Waals surface area contributed by atoms with E-state index in [1.807, 2.05) is 34.6 Å². The molecule has 9 heteroatoms. The molecule has 160 valence electrons. The highest BCUT2D eigenvalue weighted by Crippen LogP contribution is 2.21. The molecule has 0 aromatic carbocycles. The predicted octanol–water partition coefficient (Wildman–Crippen LogP) is 2.35. The van der Waals surface area contributed by atoms with E-state index in [9.17, 15) is 19.2 Å². The second-order valence-corrected chi connectivity index (χ2v) is 9.26. The second kappa shape index (κ2) is 10.7. The van der Waals surface area contributed by atoms with Gasteiger partial charge >= 0.3 is 12.1 Å². The Balaban J connectivity index is 2.65. The monoisotopic (exact) mass is 416 g/mol. The summed E-state index contributed by atoms with van der Waals surface area (Å²) in [5, 5.41) is 2.93. The molecule has 28 heavy (non-hydrogen) atoms. The summed E-state index contributed by atoms with van der Waals surface area (Å²) >= 11 is 1.39. The van der Waals surface area contributed by atoms with Crippen molar-refractivity contribution in [3.63, 3.8) is 0 Å². The number of ether oxygens (including phenoxy) is 2. The van der Waals surface area contributed by atoms with Gasteiger partial charge in [-0.3, -0.25) is 14.4 Å². The fourth-order valence-corrected chi connectivity index (χ4v) is 3.80. The van der Waals surface area contributed by atoms with Gasteiger partial charge in [0.15, 0.2) is 0 Å². The first-order valence-corrected chi connectivity index (χ1v) is 10.6. The quantitative estimate of drug-likeness (QED) is 0.606. The number of nitrogens with one attached hydrogen (secondary N) is 1. The molecule has 8 nitrogen and oxygen atoms in total. The topological polar surface area (TPSA) is 102 Å². The third-order valence-corrected chi connectivity index (χ3v) is 5.03. The minimum absolute atomic E-state index is 0.134. The fraction of sp³-hybridized carbons (Fsp3) is 0.789. The first-order valence-electron chi connectivity index (χ1n) is 9.44. The number of methoxy groups -OCH3 is 1. The highest BCUT2D eigenvalue weighted by molar-refractivity contribution is 7.99. The van der Waals surface area contributed by atoms with Gasteiger partial charge in [-0.25, -0.2) is 9.69 Å². The Kier molecular flexibility index (Phi) is 9.26. The van der Waals surface area contributed by atoms with Crippen molar-refractivity contribution in [2.75, 3.05) is 18.6 Å². The van der Waals surface area contributed by atoms with Gasteiger partial charge < -0.3 is 14.8 Å². The highest BCUT2D eigenvalue weighted by Gasteiger charge is 2.41. The van der Waals surface area contributed by atoms with Crippen LogP contribution in [0.25, 0.3) is 0 Å². The summed E-state index contributed by atoms with van der Waals surface area (Å²) in [6.45, 7) is 9.52. The number of hydrogen-bond donors (Lipinski definition) is 1. The zero-order valence-electron chi connectivity index (χ0n) is 17.6. The van der Waals surface area contributed by atoms with Gasteiger partial charge in [-0.05, 0) is 39.5 Å². The maximum absolute atomic E-state index is 12.7. The van der Waals surface area contributed by atoms with Crippen LogP contribution < -0.4 is 5.32 Å². The number of carbonyl (C=O) groups excluding carboxylic acids is 4. The van der Waals surface area contributed by atoms with Gasteiger partial charge in [0.25, 0.3) is 0 Å². The first kappa shape index (κ1) is 24.3. The Morgan fingerprint density at radius 3 is 2.46 bits per heavy atom. The third-order valence-electron chi connectivity index (χ3n) is 3.95. The molecule has 0 radical (unpaired) electrons. The number of hydrogen-bond acceptors (Lipinski definition) is 7. The number of esters is 1. The summed E-state index contributed by atoms with van der Waals surface area (Å²) < 4.78 is 9.90. The number of thioether (sulfide) groups is 1. The molecule has 0 aliphatic carbocycles. The Hall–Kier alpha value is -1.77. The Morgan fingerprint density at radius 1 is 1.29 bits per heavy atom. The molecule has 0 spiro atoms. The second-order valence-electron chi connectivity index (χ2n) is 8.22. The van der Waals surface area contributed by atoms with Crippen molar-refractivity contribution in [3.8, 4) is 0 Å². The molecule has 1 heterocycles. The van der Waals surface area contributed by atoms with Crippen molar-refractivity contribution in [2.45, 2.75) is 71.6 Å². The van der Waals surface area contributed by atoms with Crippen molar-refractivity contribution in [1.29, 1.82) is 0 Å². The standard InChI is InChI=1S/C19H32N2O6S/c1-12(2)9-13(10-28-11-16(23)27-19(3,4)5)20-17(24)14-7-8-15(22)21(14)18(25)26-6/h12-14H,7-11H2,1-6H3,(H,20,24). The fourth-order valence-electron chi connectivity index (χ4n) is 2.95. The molecule has 1 rings (SSSR count). The van der Waals surface area contributed by atoms with Gasteiger partial charge in [0.05, 0.1) is 12.9 Å². The number of amides is 3. The highest BCUT2D eigenvalue weighted by atomic mass is 32.2. The average Bonchev–Trinajstić information content (AvgIpc) is 2.93. The molecule has 0 aromatic rings. The summed E-state index contributed by atoms with van der Waals surface area (Å²) in [5.41, 5.74) is -0.532. The minimum atomic E-state index is -0.856. The van der Waals surface area contributed by atoms with Gasteiger partial charge in [-0.2, -0.15) is 0 Å². The van der Waals surface area contributed by atoms with Gasteiger partial charge in [-0.15, -0.1) is 11.8 Å². The van der Waals surface area contributed by atoms with E-state index in [1.54, 1.807) is 0 Å². The van der Waals surface area contributed by atoms with E-state index in [4.69, 9.17) is 4.74 Å². The van der Waals surface area contributed by atoms with Crippen LogP contribution in [0.3, 0.4) is 0 Å². The van der Waals surface area contributed by atoms with Crippen molar-refractivity contribution in [3.05, 3.63) is 0 Å². The Labute approximate surface area is 171 Å². The summed E-state index contributed by atoms with van der Waals surface area (Å²) in [7, 11) is 1.18. The van der Waals surface area contributed by atoms with E-state index >= 15 is 0 Å². The third kappa shape index (κ3) is 8.08. The van der Waals surface area contributed by atoms with Crippen LogP contribution in [0.5, 0.6) is 0 Å². The SMILES string of the molecule is COC(=O)N1C(=O)CCC1C(=O)NC(CSCC(=O)OC(C)(C)C)CC(C)C. The lowest BCUT2D eigenvalue weighted by Gasteiger charge is -2.25. The molecule has 0 bridgehead atoms. The Bertz CT molecular complexity index is 587. The van der Waals surface area contributed by atoms with Crippen molar-refractivity contribution < 1.29 is 28.7 Å². The molecule has 3 amide bonds. The maximum Gasteiger partial charge on any atom is 0.416 e. The molecule has 0 aromatic heterocycles. The van der Waals surface area contributed by atoms with Crippen LogP contribution in [0, 0.1) is 5.92 Å². The minimum Gasteiger partial charge on any atom is -0.459 e. The maximum atomic E-state index is 12.7. The van der Waals surface area contributed by atoms with E-state index in [1.165, 1.54) is 18.9 Å². The van der Waals surface area contributed by atoms with Gasteiger partial charge in [-0.1, -0.05) is 13.8 Å². The van der Waals surface area contributed by atoms with Crippen LogP contribution in [0.4, 0.5) is 4.79 Å². The van der Waals surface area contributed by atoms with Crippen LogP contribution in [-0.2, 0) is 23.9 Å². The molecule has 1 aliphatic rings. The number of rotatable bonds is 8. The normalized spacial score (nSPS) is 18.2. The average molecular weight is 417 g/mol. The number of carbonyl (C=O) groups is 4. The number of imide groups is 1. The lowest BCUT2D eigenvalue weighted by atomic mass is 10.0. The first-order chi connectivity index (χ1) is 12.9. The van der Waals surface area contributed by atoms with Crippen molar-refractivity contribution >= 4 is 35.6 Å². The van der Waals surface area contributed by atoms with Crippen LogP contribution >= 0.6 is 11.8 Å². The van der Waals surface area contributed by atoms with Gasteiger partial charge in [0.1, 0.15) is 11.6 Å². The molecule has 2 unspecified atom stereocenters. The van der Waals surface area contributed by atoms with Gasteiger partial charge in [0.2, 0.25) is 11.8 Å². The largest absolute Gasteiger partial charge is 0.459 e. The van der Waals surface area contributed by atoms with E-state index in [2.05, 4.69) is 10.1 Å². The van der Waals surface area contributed by atoms with E-state index in [-0.39, 0.29) is 36.5 Å². The molecule has 0 saturated carbocycles. The number of likely N-dealkylation sites (tertiary alicyclic amines) is 1. The van der Waals surface area contributed by atoms with Crippen molar-refractivity contribution in [1.82, 2.24) is 10.2 Å². The van der Waals surface area contributed by atoms with E-state index in [0.717, 1.165) is 4.90 Å². The lowest BCUT2D eigenvalue weighted by Crippen LogP contribution is -2.50. The molecular weight excluding hydrogens is 384 g/mol. The molecule has 1 aliphatic heterocycles. The van der Waals surface area contributed by atoms with E-state index in [0.29, 0.717) is 18.1 Å². The summed E-state index contributed by atoms with van der Waals surface area (Å²) in [4.78, 5) is 49.1. The zero-order valence-corrected chi connectivity index (χ0v) is 18.4. The predicted molar refractivity (Wildman–Crippen MR) is 107 cm³/mol.